The normalized spacial score (nSPS) is 18.8. The molecule has 0 spiro atoms. The van der Waals surface area contributed by atoms with Crippen molar-refractivity contribution in [3.63, 3.8) is 0 Å². The molecule has 7 N–H and O–H groups in total. The second kappa shape index (κ2) is 30.5. The van der Waals surface area contributed by atoms with Gasteiger partial charge >= 0.3 is 17.9 Å². The summed E-state index contributed by atoms with van der Waals surface area (Å²) in [5, 5.41) is 40.0. The second-order valence-corrected chi connectivity index (χ2v) is 21.1. The number of hydrogen-bond donors (Lipinski definition) is 7. The van der Waals surface area contributed by atoms with Gasteiger partial charge in [-0.1, -0.05) is 48.0 Å². The van der Waals surface area contributed by atoms with Crippen LogP contribution in [0.5, 0.6) is 0 Å². The van der Waals surface area contributed by atoms with Crippen molar-refractivity contribution in [1.82, 2.24) is 50.7 Å². The SMILES string of the molecule is Cc1ccc(CCCC(=O)NCC(=O)NC(CCCCNC(=O)CN2CCN(CC(=O)O)CCN(CC(=O)O)CCN(CC(=O)O)CC2)C(=O)N2CCC(Cc3cccc4c3CN(C(=O)CC3CCNC3=O)C4)CC2)cc1. The highest BCUT2D eigenvalue weighted by Crippen LogP contribution is 2.31. The lowest BCUT2D eigenvalue weighted by atomic mass is 9.87. The van der Waals surface area contributed by atoms with E-state index in [1.54, 1.807) is 19.6 Å². The number of carboxylic acids is 3. The molecule has 22 heteroatoms. The van der Waals surface area contributed by atoms with Gasteiger partial charge in [-0.25, -0.2) is 0 Å². The van der Waals surface area contributed by atoms with Crippen LogP contribution in [-0.2, 0) is 69.1 Å². The monoisotopic (exact) mass is 1070 g/mol. The van der Waals surface area contributed by atoms with Gasteiger partial charge < -0.3 is 46.4 Å². The average Bonchev–Trinajstić information content (AvgIpc) is 4.03. The number of piperidine rings is 1. The van der Waals surface area contributed by atoms with Crippen molar-refractivity contribution in [1.29, 1.82) is 0 Å². The highest BCUT2D eigenvalue weighted by Gasteiger charge is 2.34. The number of hydrogen-bond acceptors (Lipinski definition) is 13. The summed E-state index contributed by atoms with van der Waals surface area (Å²) in [4.78, 5) is 125. The van der Waals surface area contributed by atoms with Crippen LogP contribution in [0.3, 0.4) is 0 Å². The predicted octanol–water partition coefficient (Wildman–Crippen LogP) is 0.530. The van der Waals surface area contributed by atoms with Gasteiger partial charge in [-0.3, -0.25) is 62.8 Å². The van der Waals surface area contributed by atoms with Crippen LogP contribution in [0.15, 0.2) is 42.5 Å². The highest BCUT2D eigenvalue weighted by atomic mass is 16.4. The Hall–Kier alpha value is -6.49. The quantitative estimate of drug-likeness (QED) is 0.0668. The number of carboxylic acid groups (broad SMARTS) is 3. The number of rotatable bonds is 25. The van der Waals surface area contributed by atoms with Crippen LogP contribution >= 0.6 is 0 Å². The molecule has 6 amide bonds. The summed E-state index contributed by atoms with van der Waals surface area (Å²) >= 11 is 0. The molecule has 2 unspecified atom stereocenters. The lowest BCUT2D eigenvalue weighted by Gasteiger charge is -2.35. The Labute approximate surface area is 451 Å². The molecule has 422 valence electrons. The zero-order valence-corrected chi connectivity index (χ0v) is 44.7. The van der Waals surface area contributed by atoms with Crippen molar-refractivity contribution in [2.45, 2.75) is 96.7 Å². The Morgan fingerprint density at radius 2 is 1.25 bits per heavy atom. The first-order valence-electron chi connectivity index (χ1n) is 27.3. The number of likely N-dealkylation sites (tertiary alicyclic amines) is 1. The van der Waals surface area contributed by atoms with Gasteiger partial charge in [0, 0.05) is 110 Å². The van der Waals surface area contributed by atoms with Gasteiger partial charge in [0.15, 0.2) is 0 Å². The van der Waals surface area contributed by atoms with Gasteiger partial charge in [-0.2, -0.15) is 0 Å². The van der Waals surface area contributed by atoms with Gasteiger partial charge in [-0.05, 0) is 92.9 Å². The Morgan fingerprint density at radius 3 is 1.82 bits per heavy atom. The van der Waals surface area contributed by atoms with E-state index >= 15 is 0 Å². The number of carbonyl (C=O) groups is 9. The molecule has 0 aromatic heterocycles. The molecule has 2 aromatic carbocycles. The number of nitrogens with one attached hydrogen (secondary N) is 4. The molecule has 22 nitrogen and oxygen atoms in total. The molecular weight excluding hydrogens is 993 g/mol. The van der Waals surface area contributed by atoms with Gasteiger partial charge in [0.2, 0.25) is 35.4 Å². The summed E-state index contributed by atoms with van der Waals surface area (Å²) in [5.41, 5.74) is 5.74. The van der Waals surface area contributed by atoms with E-state index in [2.05, 4.69) is 33.4 Å². The maximum absolute atomic E-state index is 14.3. The molecule has 4 heterocycles. The molecule has 2 atom stereocenters. The summed E-state index contributed by atoms with van der Waals surface area (Å²) in [6.07, 6.45) is 6.00. The average molecular weight is 1070 g/mol. The van der Waals surface area contributed by atoms with Crippen LogP contribution < -0.4 is 21.3 Å². The number of unbranched alkanes of at least 4 members (excludes halogenated alkanes) is 1. The third kappa shape index (κ3) is 20.4. The van der Waals surface area contributed by atoms with Gasteiger partial charge in [0.1, 0.15) is 6.04 Å². The lowest BCUT2D eigenvalue weighted by molar-refractivity contribution is -0.140. The minimum Gasteiger partial charge on any atom is -0.480 e. The molecule has 4 aliphatic rings. The van der Waals surface area contributed by atoms with E-state index in [1.807, 2.05) is 47.1 Å². The van der Waals surface area contributed by atoms with E-state index in [1.165, 1.54) is 5.56 Å². The van der Waals surface area contributed by atoms with Crippen molar-refractivity contribution in [3.05, 3.63) is 70.3 Å². The molecule has 6 rings (SSSR count). The fraction of sp³-hybridized carbons (Fsp3) is 0.618. The number of aryl methyl sites for hydroxylation is 2. The number of aliphatic carboxylic acids is 3. The Balaban J connectivity index is 1.00. The third-order valence-corrected chi connectivity index (χ3v) is 15.1. The molecular formula is C55H80N10O12. The molecule has 0 radical (unpaired) electrons. The predicted molar refractivity (Wildman–Crippen MR) is 284 cm³/mol. The van der Waals surface area contributed by atoms with Crippen LogP contribution in [0.1, 0.15) is 85.6 Å². The summed E-state index contributed by atoms with van der Waals surface area (Å²) in [6.45, 7) is 5.95. The van der Waals surface area contributed by atoms with Crippen LogP contribution in [0.2, 0.25) is 0 Å². The van der Waals surface area contributed by atoms with E-state index in [9.17, 15) is 58.5 Å². The minimum absolute atomic E-state index is 0.0157. The second-order valence-electron chi connectivity index (χ2n) is 21.1. The molecule has 4 aliphatic heterocycles. The fourth-order valence-electron chi connectivity index (χ4n) is 10.7. The smallest absolute Gasteiger partial charge is 0.317 e. The van der Waals surface area contributed by atoms with E-state index in [0.29, 0.717) is 77.4 Å². The lowest BCUT2D eigenvalue weighted by Crippen LogP contribution is -2.52. The number of carbonyl (C=O) groups excluding carboxylic acids is 6. The number of benzene rings is 2. The van der Waals surface area contributed by atoms with Crippen molar-refractivity contribution in [3.8, 4) is 0 Å². The standard InChI is InChI=1S/C55H80N10O12/c1-39-11-13-40(14-12-39)6-4-10-47(66)58-32-48(67)59-46(55(77)64-20-16-41(17-21-64)30-42-7-5-8-44-33-65(34-45(42)44)50(69)31-43-15-19-57-54(43)76)9-2-3-18-56-49(68)35-60-22-24-61(36-51(70)71)26-28-63(38-53(74)75)29-27-62(25-23-60)37-52(72)73/h5,7-8,11-14,41,43,46H,2-4,6,9-10,15-38H2,1H3,(H,56,68)(H,57,76)(H,58,66)(H,59,67)(H,70,71)(H,72,73)(H,74,75). The molecule has 3 saturated heterocycles. The zero-order chi connectivity index (χ0) is 55.3. The molecule has 2 aromatic rings. The minimum atomic E-state index is -1.05. The molecule has 0 aliphatic carbocycles. The summed E-state index contributed by atoms with van der Waals surface area (Å²) in [5.74, 6) is -4.44. The van der Waals surface area contributed by atoms with Gasteiger partial charge in [0.05, 0.1) is 32.7 Å². The van der Waals surface area contributed by atoms with Crippen molar-refractivity contribution >= 4 is 53.4 Å². The van der Waals surface area contributed by atoms with Crippen molar-refractivity contribution in [2.24, 2.45) is 11.8 Å². The van der Waals surface area contributed by atoms with Gasteiger partial charge in [0.25, 0.3) is 0 Å². The number of nitrogens with zero attached hydrogens (tertiary/aromatic N) is 6. The maximum atomic E-state index is 14.3. The fourth-order valence-corrected chi connectivity index (χ4v) is 10.7. The maximum Gasteiger partial charge on any atom is 0.317 e. The number of amides is 6. The third-order valence-electron chi connectivity index (χ3n) is 15.1. The number of fused-ring (bicyclic) bond motifs is 1. The summed E-state index contributed by atoms with van der Waals surface area (Å²) in [6, 6.07) is 13.4. The highest BCUT2D eigenvalue weighted by molar-refractivity contribution is 5.90. The first kappa shape index (κ1) is 59.7. The first-order valence-corrected chi connectivity index (χ1v) is 27.3. The van der Waals surface area contributed by atoms with Crippen molar-refractivity contribution < 1.29 is 58.5 Å². The van der Waals surface area contributed by atoms with Crippen LogP contribution in [0, 0.1) is 18.8 Å². The Bertz CT molecular complexity index is 2330. The largest absolute Gasteiger partial charge is 0.480 e. The topological polar surface area (TPSA) is 282 Å². The Morgan fingerprint density at radius 1 is 0.649 bits per heavy atom. The van der Waals surface area contributed by atoms with Gasteiger partial charge in [-0.15, -0.1) is 0 Å². The van der Waals surface area contributed by atoms with E-state index in [0.717, 1.165) is 47.9 Å². The van der Waals surface area contributed by atoms with Crippen LogP contribution in [0.25, 0.3) is 0 Å². The molecule has 0 bridgehead atoms. The Kier molecular flexibility index (Phi) is 23.6. The van der Waals surface area contributed by atoms with E-state index in [-0.39, 0.29) is 133 Å². The van der Waals surface area contributed by atoms with Crippen LogP contribution in [0.4, 0.5) is 0 Å². The van der Waals surface area contributed by atoms with Crippen molar-refractivity contribution in [2.75, 3.05) is 111 Å². The summed E-state index contributed by atoms with van der Waals surface area (Å²) in [7, 11) is 0. The zero-order valence-electron chi connectivity index (χ0n) is 44.7. The summed E-state index contributed by atoms with van der Waals surface area (Å²) < 4.78 is 0. The molecule has 3 fully saturated rings. The van der Waals surface area contributed by atoms with Crippen LogP contribution in [-0.4, -0.2) is 215 Å². The first-order chi connectivity index (χ1) is 37.0. The molecule has 77 heavy (non-hydrogen) atoms. The van der Waals surface area contributed by atoms with E-state index in [4.69, 9.17) is 0 Å². The van der Waals surface area contributed by atoms with E-state index < -0.39 is 29.9 Å². The molecule has 0 saturated carbocycles.